The summed E-state index contributed by atoms with van der Waals surface area (Å²) < 4.78 is 27.6. The summed E-state index contributed by atoms with van der Waals surface area (Å²) in [6.45, 7) is 5.63. The summed E-state index contributed by atoms with van der Waals surface area (Å²) in [5.74, 6) is -0.172. The molecule has 2 aliphatic rings. The van der Waals surface area contributed by atoms with Crippen LogP contribution in [0.15, 0.2) is 59.5 Å². The molecule has 0 spiro atoms. The van der Waals surface area contributed by atoms with E-state index in [1.54, 1.807) is 12.1 Å². The molecule has 0 radical (unpaired) electrons. The molecule has 0 bridgehead atoms. The molecule has 0 N–H and O–H groups in total. The molecule has 0 aromatic heterocycles. The van der Waals surface area contributed by atoms with E-state index in [1.165, 1.54) is 9.99 Å². The molecule has 0 unspecified atom stereocenters. The predicted octanol–water partition coefficient (Wildman–Crippen LogP) is 2.74. The van der Waals surface area contributed by atoms with Crippen molar-refractivity contribution in [2.45, 2.75) is 24.7 Å². The SMILES string of the molecule is Cc1ccc(S(=O)(=O)N2CCC[C@@H](C(=O)N3CCN(c4ccccc4)CC3)C2)cc1. The lowest BCUT2D eigenvalue weighted by Crippen LogP contribution is -2.53. The molecule has 1 amide bonds. The third-order valence-corrected chi connectivity index (χ3v) is 7.98. The highest BCUT2D eigenvalue weighted by Crippen LogP contribution is 2.26. The number of para-hydroxylation sites is 1. The third kappa shape index (κ3) is 4.37. The van der Waals surface area contributed by atoms with Crippen molar-refractivity contribution in [1.82, 2.24) is 9.21 Å². The molecule has 2 aromatic carbocycles. The molecule has 4 rings (SSSR count). The van der Waals surface area contributed by atoms with E-state index in [-0.39, 0.29) is 18.4 Å². The van der Waals surface area contributed by atoms with Crippen molar-refractivity contribution in [2.24, 2.45) is 5.92 Å². The fourth-order valence-electron chi connectivity index (χ4n) is 4.30. The lowest BCUT2D eigenvalue weighted by Gasteiger charge is -2.39. The van der Waals surface area contributed by atoms with Gasteiger partial charge in [0.2, 0.25) is 15.9 Å². The summed E-state index contributed by atoms with van der Waals surface area (Å²) in [5, 5.41) is 0. The predicted molar refractivity (Wildman–Crippen MR) is 118 cm³/mol. The first-order chi connectivity index (χ1) is 14.4. The highest BCUT2D eigenvalue weighted by atomic mass is 32.2. The summed E-state index contributed by atoms with van der Waals surface area (Å²) in [6, 6.07) is 17.2. The lowest BCUT2D eigenvalue weighted by atomic mass is 9.97. The first kappa shape index (κ1) is 20.9. The average molecular weight is 428 g/mol. The van der Waals surface area contributed by atoms with Gasteiger partial charge in [0, 0.05) is 45.0 Å². The number of anilines is 1. The molecule has 6 nitrogen and oxygen atoms in total. The number of amides is 1. The second kappa shape index (κ2) is 8.78. The van der Waals surface area contributed by atoms with E-state index in [9.17, 15) is 13.2 Å². The molecule has 2 saturated heterocycles. The second-order valence-electron chi connectivity index (χ2n) is 8.16. The zero-order chi connectivity index (χ0) is 21.1. The topological polar surface area (TPSA) is 60.9 Å². The Kier molecular flexibility index (Phi) is 6.11. The van der Waals surface area contributed by atoms with Crippen molar-refractivity contribution in [2.75, 3.05) is 44.2 Å². The van der Waals surface area contributed by atoms with Crippen LogP contribution in [0, 0.1) is 12.8 Å². The van der Waals surface area contributed by atoms with Gasteiger partial charge in [-0.25, -0.2) is 8.42 Å². The van der Waals surface area contributed by atoms with Crippen LogP contribution in [0.4, 0.5) is 5.69 Å². The summed E-state index contributed by atoms with van der Waals surface area (Å²) in [4.78, 5) is 17.6. The van der Waals surface area contributed by atoms with Crippen LogP contribution in [-0.2, 0) is 14.8 Å². The Morgan fingerprint density at radius 1 is 0.900 bits per heavy atom. The van der Waals surface area contributed by atoms with Gasteiger partial charge >= 0.3 is 0 Å². The van der Waals surface area contributed by atoms with Crippen LogP contribution < -0.4 is 4.90 Å². The number of piperidine rings is 1. The van der Waals surface area contributed by atoms with Crippen LogP contribution in [0.2, 0.25) is 0 Å². The third-order valence-electron chi connectivity index (χ3n) is 6.10. The van der Waals surface area contributed by atoms with Crippen LogP contribution in [0.25, 0.3) is 0 Å². The fourth-order valence-corrected chi connectivity index (χ4v) is 5.83. The molecule has 7 heteroatoms. The molecule has 0 aliphatic carbocycles. The Morgan fingerprint density at radius 3 is 2.23 bits per heavy atom. The minimum atomic E-state index is -3.57. The van der Waals surface area contributed by atoms with Crippen molar-refractivity contribution in [3.8, 4) is 0 Å². The molecule has 2 aromatic rings. The van der Waals surface area contributed by atoms with Crippen molar-refractivity contribution >= 4 is 21.6 Å². The Hall–Kier alpha value is -2.38. The molecule has 1 atom stereocenters. The number of benzene rings is 2. The number of hydrogen-bond donors (Lipinski definition) is 0. The Morgan fingerprint density at radius 2 is 1.57 bits per heavy atom. The van der Waals surface area contributed by atoms with Gasteiger partial charge in [0.05, 0.1) is 10.8 Å². The lowest BCUT2D eigenvalue weighted by molar-refractivity contribution is -0.137. The molecule has 2 fully saturated rings. The Balaban J connectivity index is 1.39. The number of hydrogen-bond acceptors (Lipinski definition) is 4. The van der Waals surface area contributed by atoms with E-state index in [0.29, 0.717) is 31.0 Å². The largest absolute Gasteiger partial charge is 0.368 e. The number of nitrogens with zero attached hydrogens (tertiary/aromatic N) is 3. The molecular weight excluding hydrogens is 398 g/mol. The summed E-state index contributed by atoms with van der Waals surface area (Å²) in [5.41, 5.74) is 2.20. The molecule has 160 valence electrons. The van der Waals surface area contributed by atoms with Crippen molar-refractivity contribution in [1.29, 1.82) is 0 Å². The monoisotopic (exact) mass is 427 g/mol. The van der Waals surface area contributed by atoms with Gasteiger partial charge in [-0.15, -0.1) is 0 Å². The fraction of sp³-hybridized carbons (Fsp3) is 0.435. The average Bonchev–Trinajstić information content (AvgIpc) is 2.80. The maximum Gasteiger partial charge on any atom is 0.243 e. The maximum absolute atomic E-state index is 13.1. The molecule has 30 heavy (non-hydrogen) atoms. The molecule has 2 heterocycles. The van der Waals surface area contributed by atoms with Crippen molar-refractivity contribution in [3.05, 3.63) is 60.2 Å². The number of carbonyl (C=O) groups is 1. The Bertz CT molecular complexity index is 969. The van der Waals surface area contributed by atoms with Gasteiger partial charge in [0.1, 0.15) is 0 Å². The van der Waals surface area contributed by atoms with Gasteiger partial charge in [0.25, 0.3) is 0 Å². The number of rotatable bonds is 4. The van der Waals surface area contributed by atoms with E-state index >= 15 is 0 Å². The number of aryl methyl sites for hydroxylation is 1. The number of carbonyl (C=O) groups excluding carboxylic acids is 1. The smallest absolute Gasteiger partial charge is 0.243 e. The minimum Gasteiger partial charge on any atom is -0.368 e. The molecule has 0 saturated carbocycles. The summed E-state index contributed by atoms with van der Waals surface area (Å²) in [6.07, 6.45) is 1.46. The van der Waals surface area contributed by atoms with Gasteiger partial charge in [-0.2, -0.15) is 4.31 Å². The van der Waals surface area contributed by atoms with Gasteiger partial charge in [-0.3, -0.25) is 4.79 Å². The highest BCUT2D eigenvalue weighted by Gasteiger charge is 2.35. The zero-order valence-electron chi connectivity index (χ0n) is 17.4. The maximum atomic E-state index is 13.1. The number of sulfonamides is 1. The van der Waals surface area contributed by atoms with Crippen LogP contribution in [0.1, 0.15) is 18.4 Å². The normalized spacial score (nSPS) is 20.9. The van der Waals surface area contributed by atoms with E-state index in [4.69, 9.17) is 0 Å². The first-order valence-electron chi connectivity index (χ1n) is 10.6. The summed E-state index contributed by atoms with van der Waals surface area (Å²) in [7, 11) is -3.57. The van der Waals surface area contributed by atoms with Crippen molar-refractivity contribution in [3.63, 3.8) is 0 Å². The van der Waals surface area contributed by atoms with E-state index in [2.05, 4.69) is 17.0 Å². The zero-order valence-corrected chi connectivity index (χ0v) is 18.2. The van der Waals surface area contributed by atoms with E-state index < -0.39 is 10.0 Å². The van der Waals surface area contributed by atoms with Gasteiger partial charge in [0.15, 0.2) is 0 Å². The van der Waals surface area contributed by atoms with Gasteiger partial charge in [-0.05, 0) is 44.0 Å². The van der Waals surface area contributed by atoms with Crippen LogP contribution in [0.5, 0.6) is 0 Å². The van der Waals surface area contributed by atoms with Crippen molar-refractivity contribution < 1.29 is 13.2 Å². The van der Waals surface area contributed by atoms with Crippen LogP contribution in [0.3, 0.4) is 0 Å². The number of piperazine rings is 1. The van der Waals surface area contributed by atoms with Crippen LogP contribution >= 0.6 is 0 Å². The highest BCUT2D eigenvalue weighted by molar-refractivity contribution is 7.89. The van der Waals surface area contributed by atoms with Crippen LogP contribution in [-0.4, -0.2) is 62.8 Å². The van der Waals surface area contributed by atoms with E-state index in [1.807, 2.05) is 42.2 Å². The first-order valence-corrected chi connectivity index (χ1v) is 12.0. The van der Waals surface area contributed by atoms with Gasteiger partial charge in [-0.1, -0.05) is 35.9 Å². The van der Waals surface area contributed by atoms with E-state index in [0.717, 1.165) is 25.1 Å². The van der Waals surface area contributed by atoms with Gasteiger partial charge < -0.3 is 9.80 Å². The molecule has 2 aliphatic heterocycles. The standard InChI is InChI=1S/C23H29N3O3S/c1-19-9-11-22(12-10-19)30(28,29)26-13-5-6-20(18-26)23(27)25-16-14-24(15-17-25)21-7-3-2-4-8-21/h2-4,7-12,20H,5-6,13-18H2,1H3/t20-/m1/s1. The Labute approximate surface area is 179 Å². The minimum absolute atomic E-state index is 0.0894. The quantitative estimate of drug-likeness (QED) is 0.753. The second-order valence-corrected chi connectivity index (χ2v) is 10.1. The molecular formula is C23H29N3O3S. The summed E-state index contributed by atoms with van der Waals surface area (Å²) >= 11 is 0.